The van der Waals surface area contributed by atoms with Crippen molar-refractivity contribution in [2.24, 2.45) is 0 Å². The summed E-state index contributed by atoms with van der Waals surface area (Å²) in [6, 6.07) is 8.55. The van der Waals surface area contributed by atoms with Gasteiger partial charge in [0.1, 0.15) is 33.8 Å². The van der Waals surface area contributed by atoms with Crippen LogP contribution in [0.4, 0.5) is 5.95 Å². The van der Waals surface area contributed by atoms with Crippen LogP contribution < -0.4 is 14.2 Å². The first-order chi connectivity index (χ1) is 17.5. The Hall–Kier alpha value is -3.97. The molecule has 196 valence electrons. The second kappa shape index (κ2) is 9.82. The lowest BCUT2D eigenvalue weighted by molar-refractivity contribution is 0.0471. The molecule has 0 aliphatic rings. The van der Waals surface area contributed by atoms with Crippen molar-refractivity contribution in [3.05, 3.63) is 59.9 Å². The van der Waals surface area contributed by atoms with Gasteiger partial charge in [-0.15, -0.1) is 10.2 Å². The number of aromatic nitrogens is 5. The van der Waals surface area contributed by atoms with Crippen LogP contribution in [0.15, 0.2) is 47.1 Å². The van der Waals surface area contributed by atoms with E-state index < -0.39 is 20.9 Å². The number of benzene rings is 1. The van der Waals surface area contributed by atoms with Crippen LogP contribution in [-0.2, 0) is 15.6 Å². The fourth-order valence-electron chi connectivity index (χ4n) is 3.68. The lowest BCUT2D eigenvalue weighted by atomic mass is 10.0. The largest absolute Gasteiger partial charge is 0.494 e. The van der Waals surface area contributed by atoms with Crippen LogP contribution in [0.1, 0.15) is 31.0 Å². The van der Waals surface area contributed by atoms with Crippen molar-refractivity contribution in [2.45, 2.75) is 38.5 Å². The van der Waals surface area contributed by atoms with Crippen molar-refractivity contribution in [2.75, 3.05) is 18.9 Å². The summed E-state index contributed by atoms with van der Waals surface area (Å²) in [7, 11) is -1.33. The highest BCUT2D eigenvalue weighted by molar-refractivity contribution is 7.93. The topological polar surface area (TPSA) is 154 Å². The summed E-state index contributed by atoms with van der Waals surface area (Å²) in [6.07, 6.45) is 3.01. The van der Waals surface area contributed by atoms with E-state index in [0.29, 0.717) is 28.7 Å². The van der Waals surface area contributed by atoms with Crippen molar-refractivity contribution >= 4 is 16.0 Å². The van der Waals surface area contributed by atoms with Crippen molar-refractivity contribution < 1.29 is 27.4 Å². The van der Waals surface area contributed by atoms with E-state index in [1.165, 1.54) is 45.0 Å². The molecular formula is C24H28N6O6S. The maximum atomic E-state index is 13.5. The van der Waals surface area contributed by atoms with Gasteiger partial charge < -0.3 is 19.0 Å². The first-order valence-electron chi connectivity index (χ1n) is 11.3. The summed E-state index contributed by atoms with van der Waals surface area (Å²) in [5, 5.41) is 18.1. The van der Waals surface area contributed by atoms with Crippen LogP contribution in [0, 0.1) is 13.8 Å². The molecule has 0 fully saturated rings. The number of hydrogen-bond acceptors (Lipinski definition) is 10. The van der Waals surface area contributed by atoms with Gasteiger partial charge in [0.25, 0.3) is 0 Å². The number of ether oxygens (including phenoxy) is 2. The standard InChI is InChI=1S/C24H28N6O6S/c1-14-12-25-22(26-13-14)24(4,31)16(3)37(32,33)29-23-28-27-21(19-11-10-15(2)36-19)30(23)20-17(34-5)8-7-9-18(20)35-6/h7-13,16,31H,1-6H3,(H,28,29)/t16-,24+/m0/s1. The third kappa shape index (κ3) is 4.87. The molecule has 3 heterocycles. The summed E-state index contributed by atoms with van der Waals surface area (Å²) in [6.45, 7) is 6.25. The van der Waals surface area contributed by atoms with Crippen molar-refractivity contribution in [1.29, 1.82) is 0 Å². The zero-order chi connectivity index (χ0) is 27.0. The summed E-state index contributed by atoms with van der Waals surface area (Å²) < 4.78 is 47.8. The Morgan fingerprint density at radius 2 is 1.68 bits per heavy atom. The summed E-state index contributed by atoms with van der Waals surface area (Å²) in [5.41, 5.74) is -0.804. The molecular weight excluding hydrogens is 500 g/mol. The second-order valence-corrected chi connectivity index (χ2v) is 10.6. The van der Waals surface area contributed by atoms with Gasteiger partial charge in [-0.2, -0.15) is 0 Å². The molecule has 1 aromatic carbocycles. The van der Waals surface area contributed by atoms with Gasteiger partial charge in [0.2, 0.25) is 21.8 Å². The number of para-hydroxylation sites is 1. The fourth-order valence-corrected chi connectivity index (χ4v) is 4.96. The minimum absolute atomic E-state index is 0.0319. The third-order valence-corrected chi connectivity index (χ3v) is 7.83. The highest BCUT2D eigenvalue weighted by atomic mass is 32.2. The first-order valence-corrected chi connectivity index (χ1v) is 12.8. The van der Waals surface area contributed by atoms with E-state index in [1.54, 1.807) is 44.2 Å². The highest BCUT2D eigenvalue weighted by Crippen LogP contribution is 2.38. The number of nitrogens with one attached hydrogen (secondary N) is 1. The number of anilines is 1. The van der Waals surface area contributed by atoms with Gasteiger partial charge in [0.05, 0.1) is 14.2 Å². The van der Waals surface area contributed by atoms with Gasteiger partial charge >= 0.3 is 0 Å². The predicted octanol–water partition coefficient (Wildman–Crippen LogP) is 2.99. The molecule has 37 heavy (non-hydrogen) atoms. The van der Waals surface area contributed by atoms with E-state index in [9.17, 15) is 13.5 Å². The van der Waals surface area contributed by atoms with E-state index >= 15 is 0 Å². The Balaban J connectivity index is 1.84. The van der Waals surface area contributed by atoms with Gasteiger partial charge in [-0.05, 0) is 57.5 Å². The molecule has 0 bridgehead atoms. The molecule has 12 nitrogen and oxygen atoms in total. The minimum Gasteiger partial charge on any atom is -0.494 e. The van der Waals surface area contributed by atoms with Crippen LogP contribution in [0.25, 0.3) is 17.3 Å². The Labute approximate surface area is 214 Å². The van der Waals surface area contributed by atoms with Crippen molar-refractivity contribution in [3.8, 4) is 28.8 Å². The lowest BCUT2D eigenvalue weighted by Gasteiger charge is -2.28. The molecule has 3 aromatic heterocycles. The first kappa shape index (κ1) is 26.1. The number of sulfonamides is 1. The smallest absolute Gasteiger partial charge is 0.243 e. The van der Waals surface area contributed by atoms with Crippen molar-refractivity contribution in [3.63, 3.8) is 0 Å². The molecule has 2 N–H and O–H groups in total. The molecule has 0 amide bonds. The summed E-state index contributed by atoms with van der Waals surface area (Å²) in [4.78, 5) is 8.23. The molecule has 0 aliphatic heterocycles. The molecule has 0 aliphatic carbocycles. The average Bonchev–Trinajstić information content (AvgIpc) is 3.48. The number of furan rings is 1. The zero-order valence-electron chi connectivity index (χ0n) is 21.3. The van der Waals surface area contributed by atoms with Gasteiger partial charge in [-0.1, -0.05) is 6.07 Å². The number of rotatable bonds is 9. The highest BCUT2D eigenvalue weighted by Gasteiger charge is 2.43. The SMILES string of the molecule is COc1cccc(OC)c1-n1c(NS(=O)(=O)[C@@H](C)[C@@](C)(O)c2ncc(C)cn2)nnc1-c1ccc(C)o1. The molecule has 4 rings (SSSR count). The maximum absolute atomic E-state index is 13.5. The van der Waals surface area contributed by atoms with E-state index in [2.05, 4.69) is 24.9 Å². The van der Waals surface area contributed by atoms with E-state index in [1.807, 2.05) is 0 Å². The Bertz CT molecular complexity index is 1490. The molecule has 13 heteroatoms. The van der Waals surface area contributed by atoms with E-state index in [-0.39, 0.29) is 17.6 Å². The zero-order valence-corrected chi connectivity index (χ0v) is 22.1. The molecule has 0 unspecified atom stereocenters. The molecule has 4 aromatic rings. The number of methoxy groups -OCH3 is 2. The second-order valence-electron chi connectivity index (χ2n) is 8.62. The van der Waals surface area contributed by atoms with E-state index in [0.717, 1.165) is 5.56 Å². The van der Waals surface area contributed by atoms with Gasteiger partial charge in [-0.3, -0.25) is 9.29 Å². The van der Waals surface area contributed by atoms with Crippen LogP contribution in [-0.4, -0.2) is 57.7 Å². The normalized spacial score (nSPS) is 14.1. The Morgan fingerprint density at radius 3 is 2.22 bits per heavy atom. The maximum Gasteiger partial charge on any atom is 0.243 e. The van der Waals surface area contributed by atoms with E-state index in [4.69, 9.17) is 13.9 Å². The average molecular weight is 529 g/mol. The quantitative estimate of drug-likeness (QED) is 0.331. The van der Waals surface area contributed by atoms with Gasteiger partial charge in [-0.25, -0.2) is 18.4 Å². The monoisotopic (exact) mass is 528 g/mol. The van der Waals surface area contributed by atoms with Crippen LogP contribution in [0.2, 0.25) is 0 Å². The Morgan fingerprint density at radius 1 is 1.05 bits per heavy atom. The molecule has 0 saturated heterocycles. The lowest BCUT2D eigenvalue weighted by Crippen LogP contribution is -2.44. The van der Waals surface area contributed by atoms with Gasteiger partial charge in [0, 0.05) is 12.4 Å². The van der Waals surface area contributed by atoms with Gasteiger partial charge in [0.15, 0.2) is 11.6 Å². The number of aryl methyl sites for hydroxylation is 2. The molecule has 0 spiro atoms. The molecule has 2 atom stereocenters. The molecule has 0 saturated carbocycles. The van der Waals surface area contributed by atoms with Crippen LogP contribution >= 0.6 is 0 Å². The number of aliphatic hydroxyl groups is 1. The third-order valence-electron chi connectivity index (χ3n) is 5.97. The van der Waals surface area contributed by atoms with Crippen LogP contribution in [0.5, 0.6) is 11.5 Å². The summed E-state index contributed by atoms with van der Waals surface area (Å²) in [5.74, 6) is 1.72. The van der Waals surface area contributed by atoms with Crippen LogP contribution in [0.3, 0.4) is 0 Å². The minimum atomic E-state index is -4.28. The number of hydrogen-bond donors (Lipinski definition) is 2. The predicted molar refractivity (Wildman–Crippen MR) is 135 cm³/mol. The summed E-state index contributed by atoms with van der Waals surface area (Å²) >= 11 is 0. The Kier molecular flexibility index (Phi) is 6.93. The number of nitrogens with zero attached hydrogens (tertiary/aromatic N) is 5. The van der Waals surface area contributed by atoms with Crippen molar-refractivity contribution in [1.82, 2.24) is 24.7 Å². The molecule has 0 radical (unpaired) electrons. The fraction of sp³-hybridized carbons (Fsp3) is 0.333.